The van der Waals surface area contributed by atoms with Crippen LogP contribution in [0.4, 0.5) is 0 Å². The Kier molecular flexibility index (Phi) is 6.17. The molecule has 0 radical (unpaired) electrons. The summed E-state index contributed by atoms with van der Waals surface area (Å²) in [6.07, 6.45) is 5.17. The van der Waals surface area contributed by atoms with Crippen molar-refractivity contribution in [2.45, 2.75) is 12.1 Å². The lowest BCUT2D eigenvalue weighted by atomic mass is 10.1. The van der Waals surface area contributed by atoms with Gasteiger partial charge < -0.3 is 5.32 Å². The van der Waals surface area contributed by atoms with Crippen LogP contribution in [-0.2, 0) is 4.79 Å². The van der Waals surface area contributed by atoms with Gasteiger partial charge in [0.1, 0.15) is 0 Å². The number of rotatable bonds is 6. The molecule has 3 rings (SSSR count). The molecule has 0 saturated carbocycles. The van der Waals surface area contributed by atoms with E-state index in [1.165, 1.54) is 11.8 Å². The van der Waals surface area contributed by atoms with Gasteiger partial charge in [0.05, 0.1) is 12.3 Å². The zero-order chi connectivity index (χ0) is 19.2. The molecular weight excluding hydrogens is 380 g/mol. The van der Waals surface area contributed by atoms with Gasteiger partial charge in [0, 0.05) is 16.3 Å². The van der Waals surface area contributed by atoms with Crippen LogP contribution in [0.5, 0.6) is 0 Å². The van der Waals surface area contributed by atoms with Crippen molar-refractivity contribution in [2.75, 3.05) is 12.3 Å². The number of terminal acetylenes is 1. The molecule has 0 bridgehead atoms. The van der Waals surface area contributed by atoms with Crippen LogP contribution in [0, 0.1) is 19.3 Å². The molecule has 2 aromatic carbocycles. The summed E-state index contributed by atoms with van der Waals surface area (Å²) in [6.45, 7) is 2.23. The lowest BCUT2D eigenvalue weighted by Gasteiger charge is -2.11. The maximum atomic E-state index is 11.9. The van der Waals surface area contributed by atoms with Crippen LogP contribution >= 0.6 is 23.4 Å². The summed E-state index contributed by atoms with van der Waals surface area (Å²) in [5.74, 6) is 3.13. The first-order chi connectivity index (χ1) is 13.1. The van der Waals surface area contributed by atoms with Crippen molar-refractivity contribution < 1.29 is 4.79 Å². The van der Waals surface area contributed by atoms with E-state index in [0.29, 0.717) is 16.0 Å². The van der Waals surface area contributed by atoms with Crippen LogP contribution in [0.2, 0.25) is 5.02 Å². The van der Waals surface area contributed by atoms with Crippen LogP contribution < -0.4 is 5.32 Å². The Labute approximate surface area is 167 Å². The fraction of sp³-hybridized carbons (Fsp3) is 0.150. The van der Waals surface area contributed by atoms with E-state index >= 15 is 0 Å². The highest BCUT2D eigenvalue weighted by atomic mass is 35.5. The van der Waals surface area contributed by atoms with Gasteiger partial charge in [0.2, 0.25) is 5.91 Å². The number of amides is 1. The highest BCUT2D eigenvalue weighted by molar-refractivity contribution is 7.99. The molecule has 0 fully saturated rings. The van der Waals surface area contributed by atoms with Crippen molar-refractivity contribution in [1.82, 2.24) is 20.1 Å². The predicted molar refractivity (Wildman–Crippen MR) is 109 cm³/mol. The first-order valence-electron chi connectivity index (χ1n) is 8.20. The number of aryl methyl sites for hydroxylation is 1. The minimum Gasteiger partial charge on any atom is -0.344 e. The van der Waals surface area contributed by atoms with Crippen molar-refractivity contribution in [3.8, 4) is 29.4 Å². The summed E-state index contributed by atoms with van der Waals surface area (Å²) in [4.78, 5) is 11.9. The number of hydrogen-bond donors (Lipinski definition) is 1. The van der Waals surface area contributed by atoms with Gasteiger partial charge in [-0.3, -0.25) is 9.36 Å². The molecule has 0 aliphatic heterocycles. The Morgan fingerprint density at radius 2 is 2.04 bits per heavy atom. The number of carbonyl (C=O) groups is 1. The zero-order valence-corrected chi connectivity index (χ0v) is 16.2. The van der Waals surface area contributed by atoms with E-state index in [1.807, 2.05) is 60.0 Å². The lowest BCUT2D eigenvalue weighted by Crippen LogP contribution is -2.25. The summed E-state index contributed by atoms with van der Waals surface area (Å²) in [7, 11) is 0. The van der Waals surface area contributed by atoms with E-state index in [0.717, 1.165) is 16.8 Å². The number of thioether (sulfide) groups is 1. The standard InChI is InChI=1S/C20H17ClN4OS/c1-3-11-22-18(26)13-27-20-24-23-19(15-6-4-5-14(2)12-15)25(20)17-9-7-16(21)8-10-17/h1,4-10,12H,11,13H2,2H3,(H,22,26). The molecule has 0 saturated heterocycles. The molecule has 1 heterocycles. The molecule has 0 aliphatic rings. The van der Waals surface area contributed by atoms with Gasteiger partial charge in [-0.05, 0) is 37.3 Å². The average Bonchev–Trinajstić information content (AvgIpc) is 3.09. The van der Waals surface area contributed by atoms with Crippen molar-refractivity contribution in [1.29, 1.82) is 0 Å². The van der Waals surface area contributed by atoms with Crippen molar-refractivity contribution in [3.05, 3.63) is 59.1 Å². The highest BCUT2D eigenvalue weighted by Crippen LogP contribution is 2.29. The SMILES string of the molecule is C#CCNC(=O)CSc1nnc(-c2cccc(C)c2)n1-c1ccc(Cl)cc1. The molecule has 1 N–H and O–H groups in total. The van der Waals surface area contributed by atoms with E-state index in [-0.39, 0.29) is 18.2 Å². The fourth-order valence-electron chi connectivity index (χ4n) is 2.49. The molecular formula is C20H17ClN4OS. The van der Waals surface area contributed by atoms with Crippen LogP contribution in [0.15, 0.2) is 53.7 Å². The quantitative estimate of drug-likeness (QED) is 0.509. The van der Waals surface area contributed by atoms with Gasteiger partial charge in [-0.15, -0.1) is 16.6 Å². The molecule has 136 valence electrons. The van der Waals surface area contributed by atoms with Crippen molar-refractivity contribution in [2.24, 2.45) is 0 Å². The van der Waals surface area contributed by atoms with Gasteiger partial charge >= 0.3 is 0 Å². The molecule has 7 heteroatoms. The first kappa shape index (κ1) is 19.0. The third-order valence-corrected chi connectivity index (χ3v) is 4.90. The van der Waals surface area contributed by atoms with Crippen LogP contribution in [0.3, 0.4) is 0 Å². The molecule has 27 heavy (non-hydrogen) atoms. The lowest BCUT2D eigenvalue weighted by molar-refractivity contribution is -0.118. The predicted octanol–water partition coefficient (Wildman–Crippen LogP) is 3.74. The zero-order valence-electron chi connectivity index (χ0n) is 14.6. The molecule has 0 atom stereocenters. The second-order valence-electron chi connectivity index (χ2n) is 5.76. The van der Waals surface area contributed by atoms with E-state index in [9.17, 15) is 4.79 Å². The molecule has 0 aliphatic carbocycles. The second-order valence-corrected chi connectivity index (χ2v) is 7.14. The molecule has 5 nitrogen and oxygen atoms in total. The maximum Gasteiger partial charge on any atom is 0.231 e. The van der Waals surface area contributed by atoms with Crippen LogP contribution in [0.1, 0.15) is 5.56 Å². The van der Waals surface area contributed by atoms with Gasteiger partial charge in [-0.2, -0.15) is 0 Å². The topological polar surface area (TPSA) is 59.8 Å². The molecule has 1 aromatic heterocycles. The van der Waals surface area contributed by atoms with Crippen LogP contribution in [0.25, 0.3) is 17.1 Å². The first-order valence-corrected chi connectivity index (χ1v) is 9.56. The monoisotopic (exact) mass is 396 g/mol. The fourth-order valence-corrected chi connectivity index (χ4v) is 3.40. The Hall–Kier alpha value is -2.75. The van der Waals surface area contributed by atoms with Gasteiger partial charge in [0.15, 0.2) is 11.0 Å². The summed E-state index contributed by atoms with van der Waals surface area (Å²) in [5, 5.41) is 12.6. The molecule has 0 spiro atoms. The smallest absolute Gasteiger partial charge is 0.231 e. The van der Waals surface area contributed by atoms with E-state index in [4.69, 9.17) is 18.0 Å². The highest BCUT2D eigenvalue weighted by Gasteiger charge is 2.17. The van der Waals surface area contributed by atoms with E-state index < -0.39 is 0 Å². The summed E-state index contributed by atoms with van der Waals surface area (Å²) in [5.41, 5.74) is 2.94. The third kappa shape index (κ3) is 4.70. The molecule has 3 aromatic rings. The maximum absolute atomic E-state index is 11.9. The van der Waals surface area contributed by atoms with Gasteiger partial charge in [-0.25, -0.2) is 0 Å². The molecule has 1 amide bonds. The van der Waals surface area contributed by atoms with E-state index in [1.54, 1.807) is 0 Å². The van der Waals surface area contributed by atoms with Gasteiger partial charge in [0.25, 0.3) is 0 Å². The number of nitrogens with one attached hydrogen (secondary N) is 1. The minimum absolute atomic E-state index is 0.152. The largest absolute Gasteiger partial charge is 0.344 e. The average molecular weight is 397 g/mol. The summed E-state index contributed by atoms with van der Waals surface area (Å²) < 4.78 is 1.92. The Morgan fingerprint density at radius 1 is 1.26 bits per heavy atom. The Bertz CT molecular complexity index is 992. The van der Waals surface area contributed by atoms with Crippen LogP contribution in [-0.4, -0.2) is 33.0 Å². The number of hydrogen-bond acceptors (Lipinski definition) is 4. The number of halogens is 1. The molecule has 0 unspecified atom stereocenters. The number of benzene rings is 2. The number of aromatic nitrogens is 3. The second kappa shape index (κ2) is 8.76. The van der Waals surface area contributed by atoms with E-state index in [2.05, 4.69) is 21.4 Å². The Balaban J connectivity index is 1.97. The number of nitrogens with zero attached hydrogens (tertiary/aromatic N) is 3. The van der Waals surface area contributed by atoms with Crippen molar-refractivity contribution in [3.63, 3.8) is 0 Å². The summed E-state index contributed by atoms with van der Waals surface area (Å²) >= 11 is 7.33. The Morgan fingerprint density at radius 3 is 2.74 bits per heavy atom. The summed E-state index contributed by atoms with van der Waals surface area (Å²) in [6, 6.07) is 15.4. The number of carbonyl (C=O) groups excluding carboxylic acids is 1. The van der Waals surface area contributed by atoms with Crippen molar-refractivity contribution >= 4 is 29.3 Å². The van der Waals surface area contributed by atoms with Gasteiger partial charge in [-0.1, -0.05) is 53.0 Å². The minimum atomic E-state index is -0.152. The third-order valence-electron chi connectivity index (χ3n) is 3.71. The normalized spacial score (nSPS) is 10.4.